The normalized spacial score (nSPS) is 13.1. The second-order valence-electron chi connectivity index (χ2n) is 12.3. The molecule has 3 aromatic rings. The molecule has 41 heavy (non-hydrogen) atoms. The van der Waals surface area contributed by atoms with E-state index in [2.05, 4.69) is 51.8 Å². The van der Waals surface area contributed by atoms with E-state index in [-0.39, 0.29) is 11.8 Å². The molecule has 0 aliphatic carbocycles. The molecule has 220 valence electrons. The Morgan fingerprint density at radius 1 is 0.854 bits per heavy atom. The van der Waals surface area contributed by atoms with Crippen LogP contribution >= 0.6 is 0 Å². The van der Waals surface area contributed by atoms with E-state index in [1.165, 1.54) is 5.56 Å². The molecule has 0 aliphatic heterocycles. The lowest BCUT2D eigenvalue weighted by molar-refractivity contribution is -0.132. The number of amides is 2. The summed E-state index contributed by atoms with van der Waals surface area (Å²) >= 11 is 0. The zero-order valence-corrected chi connectivity index (χ0v) is 25.5. The summed E-state index contributed by atoms with van der Waals surface area (Å²) in [6.07, 6.45) is 5.42. The maximum Gasteiger partial charge on any atom is 0.243 e. The predicted octanol–water partition coefficient (Wildman–Crippen LogP) is 5.22. The monoisotopic (exact) mass is 557 g/mol. The predicted molar refractivity (Wildman–Crippen MR) is 168 cm³/mol. The molecule has 0 spiro atoms. The molecule has 1 aromatic heterocycles. The first-order chi connectivity index (χ1) is 19.5. The van der Waals surface area contributed by atoms with Crippen molar-refractivity contribution in [1.29, 1.82) is 0 Å². The molecule has 2 aromatic carbocycles. The highest BCUT2D eigenvalue weighted by Gasteiger charge is 2.30. The van der Waals surface area contributed by atoms with Crippen LogP contribution in [0.2, 0.25) is 0 Å². The lowest BCUT2D eigenvalue weighted by atomic mass is 10.0. The SMILES string of the molecule is CC(C)CCN(C)C(Cc1cccnc1)C(=O)NC(Cc1ccc(NCc2ccccc2)cc1)C(=O)NC(C)(C)C. The van der Waals surface area contributed by atoms with Crippen LogP contribution in [0.25, 0.3) is 0 Å². The van der Waals surface area contributed by atoms with Crippen molar-refractivity contribution in [3.05, 3.63) is 95.8 Å². The number of hydrogen-bond acceptors (Lipinski definition) is 5. The van der Waals surface area contributed by atoms with E-state index < -0.39 is 17.6 Å². The largest absolute Gasteiger partial charge is 0.381 e. The number of likely N-dealkylation sites (N-methyl/N-ethyl adjacent to an activating group) is 1. The third-order valence-electron chi connectivity index (χ3n) is 6.91. The van der Waals surface area contributed by atoms with Crippen molar-refractivity contribution >= 4 is 17.5 Å². The average molecular weight is 558 g/mol. The van der Waals surface area contributed by atoms with Gasteiger partial charge in [-0.1, -0.05) is 62.4 Å². The molecule has 3 N–H and O–H groups in total. The van der Waals surface area contributed by atoms with Gasteiger partial charge in [-0.15, -0.1) is 0 Å². The van der Waals surface area contributed by atoms with Gasteiger partial charge < -0.3 is 16.0 Å². The van der Waals surface area contributed by atoms with E-state index in [1.807, 2.05) is 82.4 Å². The van der Waals surface area contributed by atoms with Gasteiger partial charge in [0.15, 0.2) is 0 Å². The molecule has 2 amide bonds. The third kappa shape index (κ3) is 11.4. The minimum Gasteiger partial charge on any atom is -0.381 e. The molecular formula is C34H47N5O2. The standard InChI is InChI=1S/C34H47N5O2/c1-25(2)18-20-39(6)31(22-28-13-10-19-35-23-28)33(41)37-30(32(40)38-34(3,4)5)21-26-14-16-29(17-15-26)36-24-27-11-8-7-9-12-27/h7-17,19,23,25,30-31,36H,18,20-22,24H2,1-6H3,(H,37,41)(H,38,40). The molecule has 3 rings (SSSR count). The summed E-state index contributed by atoms with van der Waals surface area (Å²) in [5.74, 6) is 0.174. The highest BCUT2D eigenvalue weighted by Crippen LogP contribution is 2.15. The van der Waals surface area contributed by atoms with Crippen LogP contribution in [0.5, 0.6) is 0 Å². The fraction of sp³-hybridized carbons (Fsp3) is 0.441. The van der Waals surface area contributed by atoms with Crippen LogP contribution in [-0.4, -0.2) is 52.9 Å². The van der Waals surface area contributed by atoms with E-state index in [1.54, 1.807) is 12.4 Å². The molecule has 0 saturated carbocycles. The van der Waals surface area contributed by atoms with Crippen molar-refractivity contribution in [2.45, 2.75) is 78.0 Å². The number of rotatable bonds is 14. The van der Waals surface area contributed by atoms with Gasteiger partial charge in [-0.25, -0.2) is 0 Å². The number of nitrogens with one attached hydrogen (secondary N) is 3. The van der Waals surface area contributed by atoms with Gasteiger partial charge in [0.2, 0.25) is 11.8 Å². The second kappa shape index (κ2) is 15.3. The van der Waals surface area contributed by atoms with E-state index >= 15 is 0 Å². The fourth-order valence-corrected chi connectivity index (χ4v) is 4.54. The minimum atomic E-state index is -0.709. The molecule has 1 heterocycles. The lowest BCUT2D eigenvalue weighted by Gasteiger charge is -2.31. The maximum atomic E-state index is 13.8. The van der Waals surface area contributed by atoms with Crippen LogP contribution < -0.4 is 16.0 Å². The van der Waals surface area contributed by atoms with Crippen LogP contribution in [0.4, 0.5) is 5.69 Å². The van der Waals surface area contributed by atoms with Crippen molar-refractivity contribution < 1.29 is 9.59 Å². The third-order valence-corrected chi connectivity index (χ3v) is 6.91. The number of hydrogen-bond donors (Lipinski definition) is 3. The Kier molecular flexibility index (Phi) is 11.9. The van der Waals surface area contributed by atoms with Gasteiger partial charge >= 0.3 is 0 Å². The topological polar surface area (TPSA) is 86.4 Å². The summed E-state index contributed by atoms with van der Waals surface area (Å²) in [7, 11) is 1.98. The molecule has 2 unspecified atom stereocenters. The van der Waals surface area contributed by atoms with E-state index in [4.69, 9.17) is 0 Å². The van der Waals surface area contributed by atoms with Gasteiger partial charge in [0.1, 0.15) is 6.04 Å². The Morgan fingerprint density at radius 2 is 1.54 bits per heavy atom. The van der Waals surface area contributed by atoms with Gasteiger partial charge in [0.25, 0.3) is 0 Å². The Hall–Kier alpha value is -3.71. The van der Waals surface area contributed by atoms with Crippen molar-refractivity contribution in [2.75, 3.05) is 18.9 Å². The van der Waals surface area contributed by atoms with Crippen molar-refractivity contribution in [2.24, 2.45) is 5.92 Å². The number of pyridine rings is 1. The van der Waals surface area contributed by atoms with Gasteiger partial charge in [-0.3, -0.25) is 19.5 Å². The highest BCUT2D eigenvalue weighted by atomic mass is 16.2. The summed E-state index contributed by atoms with van der Waals surface area (Å²) in [4.78, 5) is 33.6. The van der Waals surface area contributed by atoms with Gasteiger partial charge in [0.05, 0.1) is 6.04 Å². The molecule has 0 radical (unpaired) electrons. The number of carbonyl (C=O) groups excluding carboxylic acids is 2. The van der Waals surface area contributed by atoms with Gasteiger partial charge in [0, 0.05) is 36.6 Å². The first kappa shape index (κ1) is 31.8. The van der Waals surface area contributed by atoms with Crippen LogP contribution in [0.15, 0.2) is 79.1 Å². The first-order valence-electron chi connectivity index (χ1n) is 14.6. The maximum absolute atomic E-state index is 13.8. The van der Waals surface area contributed by atoms with Crippen molar-refractivity contribution in [3.8, 4) is 0 Å². The van der Waals surface area contributed by atoms with Crippen molar-refractivity contribution in [3.63, 3.8) is 0 Å². The molecule has 0 fully saturated rings. The molecule has 2 atom stereocenters. The Labute approximate surface area is 246 Å². The quantitative estimate of drug-likeness (QED) is 0.253. The van der Waals surface area contributed by atoms with Crippen LogP contribution in [0, 0.1) is 5.92 Å². The summed E-state index contributed by atoms with van der Waals surface area (Å²) in [5, 5.41) is 9.61. The number of anilines is 1. The molecule has 7 heteroatoms. The van der Waals surface area contributed by atoms with E-state index in [0.717, 1.165) is 36.3 Å². The van der Waals surface area contributed by atoms with Crippen molar-refractivity contribution in [1.82, 2.24) is 20.5 Å². The first-order valence-corrected chi connectivity index (χ1v) is 14.6. The Balaban J connectivity index is 1.75. The average Bonchev–Trinajstić information content (AvgIpc) is 2.94. The molecule has 0 bridgehead atoms. The number of carbonyl (C=O) groups is 2. The second-order valence-corrected chi connectivity index (χ2v) is 12.3. The number of aromatic nitrogens is 1. The summed E-state index contributed by atoms with van der Waals surface area (Å²) in [6, 6.07) is 21.0. The molecule has 7 nitrogen and oxygen atoms in total. The Bertz CT molecular complexity index is 1210. The molecule has 0 saturated heterocycles. The highest BCUT2D eigenvalue weighted by molar-refractivity contribution is 5.90. The Morgan fingerprint density at radius 3 is 2.15 bits per heavy atom. The van der Waals surface area contributed by atoms with Gasteiger partial charge in [-0.2, -0.15) is 0 Å². The fourth-order valence-electron chi connectivity index (χ4n) is 4.54. The summed E-state index contributed by atoms with van der Waals surface area (Å²) in [5.41, 5.74) is 3.74. The van der Waals surface area contributed by atoms with Crippen LogP contribution in [-0.2, 0) is 29.0 Å². The summed E-state index contributed by atoms with van der Waals surface area (Å²) < 4.78 is 0. The van der Waals surface area contributed by atoms with Crippen LogP contribution in [0.3, 0.4) is 0 Å². The zero-order valence-electron chi connectivity index (χ0n) is 25.5. The number of benzene rings is 2. The van der Waals surface area contributed by atoms with Crippen LogP contribution in [0.1, 0.15) is 57.7 Å². The smallest absolute Gasteiger partial charge is 0.243 e. The van der Waals surface area contributed by atoms with E-state index in [9.17, 15) is 9.59 Å². The summed E-state index contributed by atoms with van der Waals surface area (Å²) in [6.45, 7) is 11.7. The van der Waals surface area contributed by atoms with Gasteiger partial charge in [-0.05, 0) is 88.0 Å². The molecule has 0 aliphatic rings. The molecular weight excluding hydrogens is 510 g/mol. The number of nitrogens with zero attached hydrogens (tertiary/aromatic N) is 2. The lowest BCUT2D eigenvalue weighted by Crippen LogP contribution is -2.57. The van der Waals surface area contributed by atoms with E-state index in [0.29, 0.717) is 18.8 Å². The zero-order chi connectivity index (χ0) is 29.8. The minimum absolute atomic E-state index is 0.157.